The van der Waals surface area contributed by atoms with Gasteiger partial charge in [0, 0.05) is 11.8 Å². The largest absolute Gasteiger partial charge is 0.870 e. The Morgan fingerprint density at radius 3 is 2.48 bits per heavy atom. The highest BCUT2D eigenvalue weighted by molar-refractivity contribution is 7.80. The molecule has 0 aliphatic carbocycles. The topological polar surface area (TPSA) is 148 Å². The van der Waals surface area contributed by atoms with Crippen LogP contribution in [0.25, 0.3) is 0 Å². The van der Waals surface area contributed by atoms with Crippen LogP contribution in [0.15, 0.2) is 36.4 Å². The maximum atomic E-state index is 10.7. The molecule has 21 heavy (non-hydrogen) atoms. The summed E-state index contributed by atoms with van der Waals surface area (Å²) in [4.78, 5) is 3.94. The zero-order chi connectivity index (χ0) is 14.8. The lowest BCUT2D eigenvalue weighted by Crippen LogP contribution is -2.50. The summed E-state index contributed by atoms with van der Waals surface area (Å²) in [6.07, 6.45) is 0. The Labute approximate surface area is 121 Å². The standard InChI is InChI=1S/C11H12N4O4S.H2O/c1-8-7-10(13-9-5-3-2-4-6-9)14-11(12)15(8)19-20(16,17)18;/h2-7H,1H3,(H3,12,13,14,16,17,18);1H2. The molecule has 0 amide bonds. The third-order valence-electron chi connectivity index (χ3n) is 2.32. The summed E-state index contributed by atoms with van der Waals surface area (Å²) in [7, 11) is -4.67. The molecule has 1 aromatic heterocycles. The van der Waals surface area contributed by atoms with Crippen LogP contribution in [0.2, 0.25) is 0 Å². The number of rotatable bonds is 4. The maximum absolute atomic E-state index is 10.7. The lowest BCUT2D eigenvalue weighted by Gasteiger charge is -2.07. The van der Waals surface area contributed by atoms with Crippen molar-refractivity contribution in [3.63, 3.8) is 0 Å². The summed E-state index contributed by atoms with van der Waals surface area (Å²) in [6, 6.07) is 10.8. The molecule has 0 saturated carbocycles. The Hall–Kier alpha value is -2.43. The number of aromatic nitrogens is 2. The van der Waals surface area contributed by atoms with Gasteiger partial charge in [0.25, 0.3) is 0 Å². The van der Waals surface area contributed by atoms with Gasteiger partial charge in [-0.05, 0) is 23.8 Å². The van der Waals surface area contributed by atoms with Crippen molar-refractivity contribution in [1.29, 1.82) is 0 Å². The van der Waals surface area contributed by atoms with Crippen molar-refractivity contribution in [2.75, 3.05) is 11.1 Å². The Morgan fingerprint density at radius 1 is 1.33 bits per heavy atom. The molecule has 1 aromatic carbocycles. The third-order valence-corrected chi connectivity index (χ3v) is 2.66. The van der Waals surface area contributed by atoms with Crippen LogP contribution in [0.4, 0.5) is 17.5 Å². The molecule has 0 aliphatic rings. The number of nitrogen functional groups attached to an aromatic ring is 1. The first-order chi connectivity index (χ1) is 9.35. The lowest BCUT2D eigenvalue weighted by atomic mass is 10.3. The Balaban J connectivity index is 0.00000220. The fourth-order valence-corrected chi connectivity index (χ4v) is 1.95. The monoisotopic (exact) mass is 314 g/mol. The number of anilines is 3. The number of nitrogens with two attached hydrogens (primary N) is 1. The highest BCUT2D eigenvalue weighted by Gasteiger charge is 2.20. The van der Waals surface area contributed by atoms with Gasteiger partial charge in [0.15, 0.2) is 0 Å². The molecule has 0 unspecified atom stereocenters. The lowest BCUT2D eigenvalue weighted by molar-refractivity contribution is -0.851. The average Bonchev–Trinajstić information content (AvgIpc) is 2.34. The minimum absolute atomic E-state index is 0. The average molecular weight is 314 g/mol. The van der Waals surface area contributed by atoms with Gasteiger partial charge in [-0.25, -0.2) is 4.28 Å². The molecular formula is C11H14N4O5S. The fourth-order valence-electron chi connectivity index (χ4n) is 1.56. The first-order valence-corrected chi connectivity index (χ1v) is 6.90. The first-order valence-electron chi connectivity index (χ1n) is 5.54. The Bertz CT molecular complexity index is 698. The van der Waals surface area contributed by atoms with Gasteiger partial charge in [0.1, 0.15) is 5.69 Å². The summed E-state index contributed by atoms with van der Waals surface area (Å²) in [5.41, 5.74) is 6.73. The second-order valence-corrected chi connectivity index (χ2v) is 4.93. The zero-order valence-electron chi connectivity index (χ0n) is 11.0. The van der Waals surface area contributed by atoms with Crippen molar-refractivity contribution in [1.82, 2.24) is 4.98 Å². The number of hydrogen-bond donors (Lipinski definition) is 3. The molecule has 0 aliphatic heterocycles. The number of nitrogens with one attached hydrogen (secondary N) is 1. The van der Waals surface area contributed by atoms with Crippen LogP contribution in [0.3, 0.4) is 0 Å². The van der Waals surface area contributed by atoms with E-state index in [9.17, 15) is 8.42 Å². The maximum Gasteiger partial charge on any atom is 0.476 e. The SMILES string of the molecule is Cc1cc(Nc2ccccc2)nc(N)[n+]1OS(=O)(=O)O.[OH-]. The molecule has 0 atom stereocenters. The zero-order valence-corrected chi connectivity index (χ0v) is 11.8. The first kappa shape index (κ1) is 16.6. The van der Waals surface area contributed by atoms with Gasteiger partial charge >= 0.3 is 16.3 Å². The van der Waals surface area contributed by atoms with Crippen molar-refractivity contribution in [2.45, 2.75) is 6.92 Å². The van der Waals surface area contributed by atoms with Crippen molar-refractivity contribution < 1.29 is 27.5 Å². The van der Waals surface area contributed by atoms with E-state index in [1.54, 1.807) is 6.92 Å². The fraction of sp³-hybridized carbons (Fsp3) is 0.0909. The van der Waals surface area contributed by atoms with Crippen LogP contribution >= 0.6 is 0 Å². The van der Waals surface area contributed by atoms with E-state index in [4.69, 9.17) is 10.3 Å². The number of hydrogen-bond acceptors (Lipinski definition) is 7. The van der Waals surface area contributed by atoms with Crippen LogP contribution in [0.1, 0.15) is 5.69 Å². The third kappa shape index (κ3) is 4.56. The van der Waals surface area contributed by atoms with Crippen molar-refractivity contribution in [3.8, 4) is 0 Å². The number of nitrogens with zero attached hydrogens (tertiary/aromatic N) is 2. The summed E-state index contributed by atoms with van der Waals surface area (Å²) >= 11 is 0. The van der Waals surface area contributed by atoms with Gasteiger partial charge in [-0.1, -0.05) is 23.2 Å². The number of para-hydroxylation sites is 1. The molecular weight excluding hydrogens is 300 g/mol. The number of aryl methyl sites for hydroxylation is 1. The molecule has 2 rings (SSSR count). The van der Waals surface area contributed by atoms with E-state index in [2.05, 4.69) is 14.6 Å². The molecule has 5 N–H and O–H groups in total. The second kappa shape index (κ2) is 6.35. The molecule has 114 valence electrons. The summed E-state index contributed by atoms with van der Waals surface area (Å²) in [6.45, 7) is 1.55. The van der Waals surface area contributed by atoms with Gasteiger partial charge < -0.3 is 10.8 Å². The minimum Gasteiger partial charge on any atom is -0.870 e. The van der Waals surface area contributed by atoms with Crippen LogP contribution in [0, 0.1) is 6.92 Å². The van der Waals surface area contributed by atoms with E-state index < -0.39 is 10.4 Å². The highest BCUT2D eigenvalue weighted by Crippen LogP contribution is 2.14. The predicted molar refractivity (Wildman–Crippen MR) is 73.4 cm³/mol. The minimum atomic E-state index is -4.67. The van der Waals surface area contributed by atoms with Gasteiger partial charge in [0.2, 0.25) is 5.82 Å². The van der Waals surface area contributed by atoms with E-state index in [0.717, 1.165) is 5.69 Å². The van der Waals surface area contributed by atoms with Crippen LogP contribution in [0.5, 0.6) is 0 Å². The quantitative estimate of drug-likeness (QED) is 0.529. The molecule has 10 heteroatoms. The molecule has 0 bridgehead atoms. The smallest absolute Gasteiger partial charge is 0.476 e. The highest BCUT2D eigenvalue weighted by atomic mass is 32.3. The van der Waals surface area contributed by atoms with E-state index >= 15 is 0 Å². The van der Waals surface area contributed by atoms with Gasteiger partial charge in [-0.15, -0.1) is 0 Å². The summed E-state index contributed by atoms with van der Waals surface area (Å²) < 4.78 is 35.1. The van der Waals surface area contributed by atoms with E-state index in [0.29, 0.717) is 16.2 Å². The molecule has 1 heterocycles. The second-order valence-electron chi connectivity index (χ2n) is 3.93. The van der Waals surface area contributed by atoms with Crippen molar-refractivity contribution >= 4 is 27.9 Å². The van der Waals surface area contributed by atoms with Crippen LogP contribution in [-0.4, -0.2) is 23.4 Å². The van der Waals surface area contributed by atoms with Gasteiger partial charge in [0.05, 0.1) is 0 Å². The molecule has 0 radical (unpaired) electrons. The van der Waals surface area contributed by atoms with Crippen molar-refractivity contribution in [3.05, 3.63) is 42.1 Å². The molecule has 2 aromatic rings. The van der Waals surface area contributed by atoms with Crippen LogP contribution < -0.4 is 20.1 Å². The van der Waals surface area contributed by atoms with E-state index in [1.807, 2.05) is 30.3 Å². The number of benzene rings is 1. The molecule has 9 nitrogen and oxygen atoms in total. The van der Waals surface area contributed by atoms with E-state index in [-0.39, 0.29) is 11.4 Å². The van der Waals surface area contributed by atoms with Gasteiger partial charge in [-0.2, -0.15) is 8.42 Å². The van der Waals surface area contributed by atoms with Crippen LogP contribution in [-0.2, 0) is 10.4 Å². The van der Waals surface area contributed by atoms with Gasteiger partial charge in [-0.3, -0.25) is 10.3 Å². The molecule has 0 fully saturated rings. The molecule has 0 spiro atoms. The predicted octanol–water partition coefficient (Wildman–Crippen LogP) is 0.0579. The normalized spacial score (nSPS) is 10.6. The Morgan fingerprint density at radius 2 is 1.95 bits per heavy atom. The van der Waals surface area contributed by atoms with Crippen molar-refractivity contribution in [2.24, 2.45) is 0 Å². The van der Waals surface area contributed by atoms with E-state index in [1.165, 1.54) is 6.07 Å². The Kier molecular flexibility index (Phi) is 5.02. The molecule has 0 saturated heterocycles. The summed E-state index contributed by atoms with van der Waals surface area (Å²) in [5.74, 6) is 0.197. The summed E-state index contributed by atoms with van der Waals surface area (Å²) in [5, 5.41) is 3.00.